The summed E-state index contributed by atoms with van der Waals surface area (Å²) in [6.07, 6.45) is 1.80. The summed E-state index contributed by atoms with van der Waals surface area (Å²) in [6.45, 7) is 2.12. The number of amides is 1. The van der Waals surface area contributed by atoms with E-state index in [1.54, 1.807) is 12.3 Å². The summed E-state index contributed by atoms with van der Waals surface area (Å²) in [7, 11) is 0. The van der Waals surface area contributed by atoms with Crippen LogP contribution in [0.1, 0.15) is 12.5 Å². The molecule has 0 aliphatic heterocycles. The highest BCUT2D eigenvalue weighted by Gasteiger charge is 2.04. The molecule has 3 rings (SSSR count). The van der Waals surface area contributed by atoms with E-state index in [1.807, 2.05) is 53.1 Å². The lowest BCUT2D eigenvalue weighted by Crippen LogP contribution is -2.09. The number of carbonyl (C=O) groups is 1. The number of benzene rings is 2. The number of para-hydroxylation sites is 1. The molecule has 4 heteroatoms. The predicted octanol–water partition coefficient (Wildman–Crippen LogP) is 3.01. The first kappa shape index (κ1) is 14.1. The number of aromatic nitrogens is 1. The summed E-state index contributed by atoms with van der Waals surface area (Å²) in [5.41, 5.74) is 2.76. The maximum absolute atomic E-state index is 11.9. The number of nitrogens with zero attached hydrogens (tertiary/aromatic N) is 1. The van der Waals surface area contributed by atoms with Gasteiger partial charge in [-0.1, -0.05) is 24.3 Å². The van der Waals surface area contributed by atoms with E-state index in [0.717, 1.165) is 16.8 Å². The summed E-state index contributed by atoms with van der Waals surface area (Å²) >= 11 is 0. The molecule has 2 aromatic carbocycles. The second-order valence-corrected chi connectivity index (χ2v) is 5.21. The van der Waals surface area contributed by atoms with Crippen molar-refractivity contribution in [2.45, 2.75) is 13.5 Å². The molecular formula is C18H16N2O2. The van der Waals surface area contributed by atoms with Gasteiger partial charge in [-0.25, -0.2) is 0 Å². The van der Waals surface area contributed by atoms with Gasteiger partial charge in [0, 0.05) is 36.8 Å². The van der Waals surface area contributed by atoms with Crippen molar-refractivity contribution in [2.24, 2.45) is 0 Å². The number of anilines is 1. The molecule has 0 atom stereocenters. The number of hydrogen-bond donors (Lipinski definition) is 1. The Morgan fingerprint density at radius 3 is 2.73 bits per heavy atom. The highest BCUT2D eigenvalue weighted by Crippen LogP contribution is 2.15. The molecule has 0 unspecified atom stereocenters. The summed E-state index contributed by atoms with van der Waals surface area (Å²) in [5.74, 6) is -0.0917. The van der Waals surface area contributed by atoms with Gasteiger partial charge < -0.3 is 9.88 Å². The van der Waals surface area contributed by atoms with E-state index in [1.165, 1.54) is 6.92 Å². The second kappa shape index (κ2) is 5.85. The topological polar surface area (TPSA) is 51.1 Å². The molecule has 1 N–H and O–H groups in total. The predicted molar refractivity (Wildman–Crippen MR) is 88.1 cm³/mol. The van der Waals surface area contributed by atoms with Crippen molar-refractivity contribution in [3.63, 3.8) is 0 Å². The van der Waals surface area contributed by atoms with E-state index < -0.39 is 0 Å². The summed E-state index contributed by atoms with van der Waals surface area (Å²) in [5, 5.41) is 3.49. The van der Waals surface area contributed by atoms with E-state index in [0.29, 0.717) is 11.9 Å². The Bertz CT molecular complexity index is 897. The van der Waals surface area contributed by atoms with Crippen LogP contribution in [0, 0.1) is 0 Å². The minimum absolute atomic E-state index is 0.0267. The SMILES string of the molecule is CC(=O)Nc1cccc(Cn2ccc(=O)c3ccccc32)c1. The Hall–Kier alpha value is -2.88. The van der Waals surface area contributed by atoms with Gasteiger partial charge in [0.1, 0.15) is 0 Å². The fraction of sp³-hybridized carbons (Fsp3) is 0.111. The Morgan fingerprint density at radius 2 is 1.91 bits per heavy atom. The van der Waals surface area contributed by atoms with Crippen LogP contribution in [0.25, 0.3) is 10.9 Å². The van der Waals surface area contributed by atoms with Gasteiger partial charge in [-0.2, -0.15) is 0 Å². The number of nitrogens with one attached hydrogen (secondary N) is 1. The van der Waals surface area contributed by atoms with Gasteiger partial charge in [0.2, 0.25) is 5.91 Å². The lowest BCUT2D eigenvalue weighted by molar-refractivity contribution is -0.114. The summed E-state index contributed by atoms with van der Waals surface area (Å²) in [6, 6.07) is 16.8. The molecule has 0 aliphatic rings. The first-order valence-electron chi connectivity index (χ1n) is 7.08. The number of rotatable bonds is 3. The van der Waals surface area contributed by atoms with Crippen LogP contribution >= 0.6 is 0 Å². The quantitative estimate of drug-likeness (QED) is 0.806. The number of pyridine rings is 1. The average Bonchev–Trinajstić information content (AvgIpc) is 2.50. The average molecular weight is 292 g/mol. The van der Waals surface area contributed by atoms with Crippen molar-refractivity contribution in [2.75, 3.05) is 5.32 Å². The highest BCUT2D eigenvalue weighted by atomic mass is 16.1. The van der Waals surface area contributed by atoms with Crippen LogP contribution in [0.4, 0.5) is 5.69 Å². The van der Waals surface area contributed by atoms with Crippen LogP contribution in [0.2, 0.25) is 0 Å². The molecule has 1 heterocycles. The third-order valence-corrected chi connectivity index (χ3v) is 3.49. The van der Waals surface area contributed by atoms with Crippen LogP contribution in [-0.2, 0) is 11.3 Å². The van der Waals surface area contributed by atoms with Gasteiger partial charge in [0.25, 0.3) is 0 Å². The molecule has 0 spiro atoms. The monoisotopic (exact) mass is 292 g/mol. The van der Waals surface area contributed by atoms with E-state index >= 15 is 0 Å². The van der Waals surface area contributed by atoms with Crippen molar-refractivity contribution in [1.29, 1.82) is 0 Å². The van der Waals surface area contributed by atoms with E-state index in [-0.39, 0.29) is 11.3 Å². The normalized spacial score (nSPS) is 10.6. The van der Waals surface area contributed by atoms with E-state index in [9.17, 15) is 9.59 Å². The van der Waals surface area contributed by atoms with Crippen LogP contribution < -0.4 is 10.7 Å². The van der Waals surface area contributed by atoms with Gasteiger partial charge in [0.05, 0.1) is 5.52 Å². The first-order valence-corrected chi connectivity index (χ1v) is 7.08. The van der Waals surface area contributed by atoms with Gasteiger partial charge in [-0.3, -0.25) is 9.59 Å². The van der Waals surface area contributed by atoms with Crippen molar-refractivity contribution in [3.8, 4) is 0 Å². The summed E-state index contributed by atoms with van der Waals surface area (Å²) in [4.78, 5) is 23.0. The zero-order valence-electron chi connectivity index (χ0n) is 12.2. The molecule has 110 valence electrons. The summed E-state index contributed by atoms with van der Waals surface area (Å²) < 4.78 is 2.03. The van der Waals surface area contributed by atoms with Crippen molar-refractivity contribution < 1.29 is 4.79 Å². The molecule has 0 bridgehead atoms. The smallest absolute Gasteiger partial charge is 0.221 e. The second-order valence-electron chi connectivity index (χ2n) is 5.21. The fourth-order valence-corrected chi connectivity index (χ4v) is 2.55. The maximum atomic E-state index is 11.9. The highest BCUT2D eigenvalue weighted by molar-refractivity contribution is 5.88. The lowest BCUT2D eigenvalue weighted by atomic mass is 10.1. The third-order valence-electron chi connectivity index (χ3n) is 3.49. The van der Waals surface area contributed by atoms with E-state index in [2.05, 4.69) is 5.32 Å². The molecule has 0 fully saturated rings. The van der Waals surface area contributed by atoms with Gasteiger partial charge in [-0.15, -0.1) is 0 Å². The molecule has 1 aromatic heterocycles. The Morgan fingerprint density at radius 1 is 1.09 bits per heavy atom. The van der Waals surface area contributed by atoms with Gasteiger partial charge in [0.15, 0.2) is 5.43 Å². The maximum Gasteiger partial charge on any atom is 0.221 e. The van der Waals surface area contributed by atoms with Crippen molar-refractivity contribution in [1.82, 2.24) is 4.57 Å². The van der Waals surface area contributed by atoms with Crippen LogP contribution in [-0.4, -0.2) is 10.5 Å². The van der Waals surface area contributed by atoms with E-state index in [4.69, 9.17) is 0 Å². The molecule has 1 amide bonds. The molecule has 0 radical (unpaired) electrons. The molecule has 0 aliphatic carbocycles. The molecule has 22 heavy (non-hydrogen) atoms. The lowest BCUT2D eigenvalue weighted by Gasteiger charge is -2.12. The van der Waals surface area contributed by atoms with Crippen LogP contribution in [0.15, 0.2) is 65.6 Å². The first-order chi connectivity index (χ1) is 10.6. The van der Waals surface area contributed by atoms with Crippen molar-refractivity contribution in [3.05, 3.63) is 76.6 Å². The van der Waals surface area contributed by atoms with Gasteiger partial charge in [-0.05, 0) is 29.8 Å². The Labute approximate surface area is 128 Å². The molecular weight excluding hydrogens is 276 g/mol. The fourth-order valence-electron chi connectivity index (χ4n) is 2.55. The Kier molecular flexibility index (Phi) is 3.74. The number of hydrogen-bond acceptors (Lipinski definition) is 2. The number of carbonyl (C=O) groups excluding carboxylic acids is 1. The van der Waals surface area contributed by atoms with Crippen LogP contribution in [0.5, 0.6) is 0 Å². The molecule has 3 aromatic rings. The third kappa shape index (κ3) is 2.91. The van der Waals surface area contributed by atoms with Crippen molar-refractivity contribution >= 4 is 22.5 Å². The zero-order valence-corrected chi connectivity index (χ0v) is 12.2. The molecule has 0 saturated heterocycles. The largest absolute Gasteiger partial charge is 0.343 e. The minimum atomic E-state index is -0.0917. The Balaban J connectivity index is 1.99. The number of fused-ring (bicyclic) bond motifs is 1. The molecule has 4 nitrogen and oxygen atoms in total. The van der Waals surface area contributed by atoms with Crippen LogP contribution in [0.3, 0.4) is 0 Å². The van der Waals surface area contributed by atoms with Gasteiger partial charge >= 0.3 is 0 Å². The standard InChI is InChI=1S/C18H16N2O2/c1-13(21)19-15-6-4-5-14(11-15)12-20-10-9-18(22)16-7-2-3-8-17(16)20/h2-11H,12H2,1H3,(H,19,21). The minimum Gasteiger partial charge on any atom is -0.343 e. The zero-order chi connectivity index (χ0) is 15.5. The molecule has 0 saturated carbocycles.